The number of benzene rings is 1. The predicted octanol–water partition coefficient (Wildman–Crippen LogP) is 1.66. The molecule has 0 bridgehead atoms. The quantitative estimate of drug-likeness (QED) is 0.839. The van der Waals surface area contributed by atoms with Crippen LogP contribution in [0.4, 0.5) is 0 Å². The molecule has 2 fully saturated rings. The van der Waals surface area contributed by atoms with E-state index in [1.165, 1.54) is 0 Å². The van der Waals surface area contributed by atoms with Crippen LogP contribution in [0.15, 0.2) is 30.3 Å². The Morgan fingerprint density at radius 3 is 2.55 bits per heavy atom. The molecule has 4 nitrogen and oxygen atoms in total. The van der Waals surface area contributed by atoms with Crippen molar-refractivity contribution in [1.82, 2.24) is 9.80 Å². The van der Waals surface area contributed by atoms with Crippen LogP contribution in [0.1, 0.15) is 24.8 Å². The van der Waals surface area contributed by atoms with Crippen molar-refractivity contribution in [3.8, 4) is 0 Å². The SMILES string of the molecule is O=C1C[C@@H](C(=O)N2CCCC2)CN1Cc1ccccc1. The lowest BCUT2D eigenvalue weighted by atomic mass is 10.1. The van der Waals surface area contributed by atoms with E-state index in [2.05, 4.69) is 0 Å². The molecule has 1 atom stereocenters. The first-order chi connectivity index (χ1) is 9.74. The van der Waals surface area contributed by atoms with Crippen molar-refractivity contribution in [3.63, 3.8) is 0 Å². The molecule has 20 heavy (non-hydrogen) atoms. The lowest BCUT2D eigenvalue weighted by Gasteiger charge is -2.20. The minimum Gasteiger partial charge on any atom is -0.342 e. The molecule has 4 heteroatoms. The van der Waals surface area contributed by atoms with Gasteiger partial charge in [0, 0.05) is 32.6 Å². The third-order valence-electron chi connectivity index (χ3n) is 4.20. The van der Waals surface area contributed by atoms with Crippen LogP contribution in [0, 0.1) is 5.92 Å². The van der Waals surface area contributed by atoms with Gasteiger partial charge in [0.1, 0.15) is 0 Å². The number of rotatable bonds is 3. The van der Waals surface area contributed by atoms with Crippen LogP contribution >= 0.6 is 0 Å². The van der Waals surface area contributed by atoms with Crippen LogP contribution in [0.3, 0.4) is 0 Å². The molecule has 2 amide bonds. The van der Waals surface area contributed by atoms with Crippen molar-refractivity contribution < 1.29 is 9.59 Å². The Bertz CT molecular complexity index is 494. The van der Waals surface area contributed by atoms with Gasteiger partial charge in [0.15, 0.2) is 0 Å². The van der Waals surface area contributed by atoms with Gasteiger partial charge in [0.25, 0.3) is 0 Å². The van der Waals surface area contributed by atoms with Gasteiger partial charge in [-0.25, -0.2) is 0 Å². The van der Waals surface area contributed by atoms with E-state index >= 15 is 0 Å². The highest BCUT2D eigenvalue weighted by atomic mass is 16.2. The summed E-state index contributed by atoms with van der Waals surface area (Å²) in [5, 5.41) is 0. The summed E-state index contributed by atoms with van der Waals surface area (Å²) < 4.78 is 0. The topological polar surface area (TPSA) is 40.6 Å². The van der Waals surface area contributed by atoms with E-state index in [4.69, 9.17) is 0 Å². The zero-order chi connectivity index (χ0) is 13.9. The molecule has 2 saturated heterocycles. The van der Waals surface area contributed by atoms with Gasteiger partial charge < -0.3 is 9.80 Å². The first kappa shape index (κ1) is 13.2. The fourth-order valence-electron chi connectivity index (χ4n) is 3.09. The first-order valence-electron chi connectivity index (χ1n) is 7.34. The smallest absolute Gasteiger partial charge is 0.227 e. The van der Waals surface area contributed by atoms with Crippen molar-refractivity contribution in [2.75, 3.05) is 19.6 Å². The third-order valence-corrected chi connectivity index (χ3v) is 4.20. The van der Waals surface area contributed by atoms with Crippen LogP contribution in [-0.2, 0) is 16.1 Å². The van der Waals surface area contributed by atoms with E-state index in [1.807, 2.05) is 40.1 Å². The number of amides is 2. The van der Waals surface area contributed by atoms with Crippen molar-refractivity contribution in [2.24, 2.45) is 5.92 Å². The van der Waals surface area contributed by atoms with Crippen molar-refractivity contribution in [2.45, 2.75) is 25.8 Å². The Kier molecular flexibility index (Phi) is 3.72. The van der Waals surface area contributed by atoms with Crippen molar-refractivity contribution in [3.05, 3.63) is 35.9 Å². The summed E-state index contributed by atoms with van der Waals surface area (Å²) in [4.78, 5) is 28.1. The summed E-state index contributed by atoms with van der Waals surface area (Å²) in [5.74, 6) is 0.141. The molecule has 0 aliphatic carbocycles. The fourth-order valence-corrected chi connectivity index (χ4v) is 3.09. The molecule has 0 spiro atoms. The monoisotopic (exact) mass is 272 g/mol. The zero-order valence-corrected chi connectivity index (χ0v) is 11.6. The second kappa shape index (κ2) is 5.65. The van der Waals surface area contributed by atoms with Crippen LogP contribution in [0.2, 0.25) is 0 Å². The predicted molar refractivity (Wildman–Crippen MR) is 75.8 cm³/mol. The number of hydrogen-bond donors (Lipinski definition) is 0. The minimum absolute atomic E-state index is 0.103. The highest BCUT2D eigenvalue weighted by Crippen LogP contribution is 2.23. The molecule has 2 aliphatic heterocycles. The van der Waals surface area contributed by atoms with Crippen LogP contribution < -0.4 is 0 Å². The van der Waals surface area contributed by atoms with Crippen LogP contribution in [0.5, 0.6) is 0 Å². The fraction of sp³-hybridized carbons (Fsp3) is 0.500. The largest absolute Gasteiger partial charge is 0.342 e. The normalized spacial score (nSPS) is 22.6. The maximum Gasteiger partial charge on any atom is 0.227 e. The highest BCUT2D eigenvalue weighted by molar-refractivity contribution is 5.89. The average molecular weight is 272 g/mol. The first-order valence-corrected chi connectivity index (χ1v) is 7.34. The molecule has 0 N–H and O–H groups in total. The van der Waals surface area contributed by atoms with E-state index in [9.17, 15) is 9.59 Å². The standard InChI is InChI=1S/C16H20N2O2/c19-15-10-14(16(20)17-8-4-5-9-17)12-18(15)11-13-6-2-1-3-7-13/h1-3,6-7,14H,4-5,8-12H2/t14-/m1/s1. The molecule has 0 radical (unpaired) electrons. The molecule has 0 aromatic heterocycles. The number of nitrogens with zero attached hydrogens (tertiary/aromatic N) is 2. The Balaban J connectivity index is 1.61. The van der Waals surface area contributed by atoms with Crippen LogP contribution in [0.25, 0.3) is 0 Å². The Morgan fingerprint density at radius 2 is 1.85 bits per heavy atom. The Hall–Kier alpha value is -1.84. The van der Waals surface area contributed by atoms with Crippen molar-refractivity contribution in [1.29, 1.82) is 0 Å². The maximum absolute atomic E-state index is 12.3. The van der Waals surface area contributed by atoms with E-state index in [-0.39, 0.29) is 17.7 Å². The van der Waals surface area contributed by atoms with Gasteiger partial charge >= 0.3 is 0 Å². The van der Waals surface area contributed by atoms with Gasteiger partial charge in [-0.1, -0.05) is 30.3 Å². The van der Waals surface area contributed by atoms with E-state index in [0.717, 1.165) is 31.5 Å². The summed E-state index contributed by atoms with van der Waals surface area (Å²) in [6.45, 7) is 2.91. The van der Waals surface area contributed by atoms with E-state index in [1.54, 1.807) is 0 Å². The number of carbonyl (C=O) groups is 2. The summed E-state index contributed by atoms with van der Waals surface area (Å²) in [6.07, 6.45) is 2.57. The van der Waals surface area contributed by atoms with E-state index < -0.39 is 0 Å². The molecule has 106 valence electrons. The summed E-state index contributed by atoms with van der Waals surface area (Å²) in [5.41, 5.74) is 1.12. The average Bonchev–Trinajstić information content (AvgIpc) is 3.10. The van der Waals surface area contributed by atoms with Gasteiger partial charge in [-0.2, -0.15) is 0 Å². The van der Waals surface area contributed by atoms with Gasteiger partial charge in [0.05, 0.1) is 5.92 Å². The lowest BCUT2D eigenvalue weighted by Crippen LogP contribution is -2.35. The Morgan fingerprint density at radius 1 is 1.15 bits per heavy atom. The number of likely N-dealkylation sites (tertiary alicyclic amines) is 2. The van der Waals surface area contributed by atoms with Gasteiger partial charge in [-0.15, -0.1) is 0 Å². The molecule has 2 aliphatic rings. The van der Waals surface area contributed by atoms with E-state index in [0.29, 0.717) is 19.5 Å². The summed E-state index contributed by atoms with van der Waals surface area (Å²) in [7, 11) is 0. The van der Waals surface area contributed by atoms with Crippen molar-refractivity contribution >= 4 is 11.8 Å². The second-order valence-electron chi connectivity index (χ2n) is 5.69. The number of carbonyl (C=O) groups excluding carboxylic acids is 2. The minimum atomic E-state index is -0.135. The number of hydrogen-bond acceptors (Lipinski definition) is 2. The molecule has 1 aromatic rings. The molecule has 0 saturated carbocycles. The second-order valence-corrected chi connectivity index (χ2v) is 5.69. The lowest BCUT2D eigenvalue weighted by molar-refractivity contribution is -0.134. The van der Waals surface area contributed by atoms with Crippen LogP contribution in [-0.4, -0.2) is 41.2 Å². The zero-order valence-electron chi connectivity index (χ0n) is 11.6. The van der Waals surface area contributed by atoms with Gasteiger partial charge in [-0.05, 0) is 18.4 Å². The molecule has 3 rings (SSSR count). The molecule has 1 aromatic carbocycles. The highest BCUT2D eigenvalue weighted by Gasteiger charge is 2.36. The summed E-state index contributed by atoms with van der Waals surface area (Å²) >= 11 is 0. The molecule has 2 heterocycles. The summed E-state index contributed by atoms with van der Waals surface area (Å²) in [6, 6.07) is 9.95. The van der Waals surface area contributed by atoms with Gasteiger partial charge in [-0.3, -0.25) is 9.59 Å². The molecular formula is C16H20N2O2. The third kappa shape index (κ3) is 2.69. The molecule has 0 unspecified atom stereocenters. The maximum atomic E-state index is 12.3. The molecular weight excluding hydrogens is 252 g/mol. The van der Waals surface area contributed by atoms with Gasteiger partial charge in [0.2, 0.25) is 11.8 Å². The Labute approximate surface area is 119 Å².